The minimum Gasteiger partial charge on any atom is -0.497 e. The van der Waals surface area contributed by atoms with Crippen LogP contribution in [0.3, 0.4) is 0 Å². The van der Waals surface area contributed by atoms with Gasteiger partial charge in [-0.25, -0.2) is 0 Å². The van der Waals surface area contributed by atoms with E-state index in [1.165, 1.54) is 0 Å². The van der Waals surface area contributed by atoms with E-state index in [1.807, 2.05) is 26.8 Å². The second-order valence-electron chi connectivity index (χ2n) is 3.79. The van der Waals surface area contributed by atoms with E-state index in [9.17, 15) is 4.79 Å². The molecule has 0 aromatic heterocycles. The van der Waals surface area contributed by atoms with Gasteiger partial charge >= 0.3 is 0 Å². The predicted octanol–water partition coefficient (Wildman–Crippen LogP) is 2.59. The van der Waals surface area contributed by atoms with Gasteiger partial charge in [0.1, 0.15) is 5.75 Å². The van der Waals surface area contributed by atoms with Crippen LogP contribution in [0.2, 0.25) is 0 Å². The Morgan fingerprint density at radius 2 is 1.83 bits per heavy atom. The van der Waals surface area contributed by atoms with Gasteiger partial charge in [-0.1, -0.05) is 0 Å². The van der Waals surface area contributed by atoms with Crippen LogP contribution in [0.15, 0.2) is 18.2 Å². The molecule has 0 bridgehead atoms. The summed E-state index contributed by atoms with van der Waals surface area (Å²) in [6, 6.07) is 5.32. The highest BCUT2D eigenvalue weighted by atomic mass is 16.7. The molecule has 0 saturated heterocycles. The number of carbonyl (C=O) groups excluding carboxylic acids is 1. The van der Waals surface area contributed by atoms with E-state index in [2.05, 4.69) is 0 Å². The Morgan fingerprint density at radius 3 is 2.28 bits per heavy atom. The minimum absolute atomic E-state index is 0.154. The first-order valence-electron chi connectivity index (χ1n) is 6.06. The Hall–Kier alpha value is -1.39. The number of Topliss-reactive ketones (excluding diaryl/α,β-unsaturated/α-hetero) is 1. The molecule has 0 amide bonds. The van der Waals surface area contributed by atoms with Crippen LogP contribution in [0.4, 0.5) is 0 Å². The molecule has 18 heavy (non-hydrogen) atoms. The third-order valence-electron chi connectivity index (χ3n) is 2.55. The maximum atomic E-state index is 12.3. The molecule has 0 fully saturated rings. The van der Waals surface area contributed by atoms with Gasteiger partial charge < -0.3 is 14.2 Å². The monoisotopic (exact) mass is 252 g/mol. The average Bonchev–Trinajstić information content (AvgIpc) is 2.37. The Balaban J connectivity index is 2.93. The fraction of sp³-hybridized carbons (Fsp3) is 0.500. The van der Waals surface area contributed by atoms with Gasteiger partial charge in [0, 0.05) is 18.8 Å². The van der Waals surface area contributed by atoms with Crippen molar-refractivity contribution in [1.29, 1.82) is 0 Å². The van der Waals surface area contributed by atoms with Crippen molar-refractivity contribution in [3.8, 4) is 5.75 Å². The van der Waals surface area contributed by atoms with Crippen molar-refractivity contribution in [1.82, 2.24) is 0 Å². The Bertz CT molecular complexity index is 395. The van der Waals surface area contributed by atoms with E-state index in [-0.39, 0.29) is 5.78 Å². The van der Waals surface area contributed by atoms with E-state index in [4.69, 9.17) is 14.2 Å². The maximum absolute atomic E-state index is 12.3. The van der Waals surface area contributed by atoms with Gasteiger partial charge in [0.25, 0.3) is 0 Å². The van der Waals surface area contributed by atoms with Gasteiger partial charge in [-0.15, -0.1) is 0 Å². The lowest BCUT2D eigenvalue weighted by Gasteiger charge is -2.17. The molecule has 0 N–H and O–H groups in total. The van der Waals surface area contributed by atoms with Crippen LogP contribution < -0.4 is 4.74 Å². The number of hydrogen-bond donors (Lipinski definition) is 0. The predicted molar refractivity (Wildman–Crippen MR) is 69.1 cm³/mol. The van der Waals surface area contributed by atoms with Gasteiger partial charge in [0.15, 0.2) is 0 Å². The summed E-state index contributed by atoms with van der Waals surface area (Å²) in [6.45, 7) is 6.41. The van der Waals surface area contributed by atoms with Gasteiger partial charge in [-0.3, -0.25) is 4.79 Å². The summed E-state index contributed by atoms with van der Waals surface area (Å²) < 4.78 is 15.7. The summed E-state index contributed by atoms with van der Waals surface area (Å²) in [5.74, 6) is 0.576. The topological polar surface area (TPSA) is 44.8 Å². The van der Waals surface area contributed by atoms with Crippen molar-refractivity contribution in [3.63, 3.8) is 0 Å². The molecule has 0 heterocycles. The molecule has 4 heteroatoms. The quantitative estimate of drug-likeness (QED) is 0.552. The number of rotatable bonds is 7. The lowest BCUT2D eigenvalue weighted by atomic mass is 10.0. The SMILES string of the molecule is CCOC(OCC)C(=O)c1ccc(OC)cc1C. The van der Waals surface area contributed by atoms with Crippen LogP contribution in [-0.2, 0) is 9.47 Å². The molecule has 0 saturated carbocycles. The van der Waals surface area contributed by atoms with Crippen LogP contribution >= 0.6 is 0 Å². The first kappa shape index (κ1) is 14.7. The van der Waals surface area contributed by atoms with Crippen molar-refractivity contribution in [2.75, 3.05) is 20.3 Å². The van der Waals surface area contributed by atoms with Gasteiger partial charge in [0.05, 0.1) is 7.11 Å². The standard InChI is InChI=1S/C14H20O4/c1-5-17-14(18-6-2)13(15)12-8-7-11(16-4)9-10(12)3/h7-9,14H,5-6H2,1-4H3. The second-order valence-corrected chi connectivity index (χ2v) is 3.79. The lowest BCUT2D eigenvalue weighted by Crippen LogP contribution is -2.28. The van der Waals surface area contributed by atoms with Gasteiger partial charge in [-0.2, -0.15) is 0 Å². The number of carbonyl (C=O) groups is 1. The van der Waals surface area contributed by atoms with Crippen LogP contribution in [0.5, 0.6) is 5.75 Å². The largest absolute Gasteiger partial charge is 0.497 e. The Morgan fingerprint density at radius 1 is 1.22 bits per heavy atom. The molecule has 0 radical (unpaired) electrons. The number of ether oxygens (including phenoxy) is 3. The van der Waals surface area contributed by atoms with Crippen molar-refractivity contribution < 1.29 is 19.0 Å². The summed E-state index contributed by atoms with van der Waals surface area (Å²) in [5.41, 5.74) is 1.45. The zero-order valence-corrected chi connectivity index (χ0v) is 11.4. The Labute approximate surface area is 108 Å². The van der Waals surface area contributed by atoms with E-state index in [0.717, 1.165) is 11.3 Å². The summed E-state index contributed by atoms with van der Waals surface area (Å²) >= 11 is 0. The highest BCUT2D eigenvalue weighted by Crippen LogP contribution is 2.19. The van der Waals surface area contributed by atoms with Crippen LogP contribution in [0.1, 0.15) is 29.8 Å². The third-order valence-corrected chi connectivity index (χ3v) is 2.55. The highest BCUT2D eigenvalue weighted by molar-refractivity contribution is 6.00. The van der Waals surface area contributed by atoms with E-state index in [0.29, 0.717) is 18.8 Å². The lowest BCUT2D eigenvalue weighted by molar-refractivity contribution is -0.107. The summed E-state index contributed by atoms with van der Waals surface area (Å²) in [6.07, 6.45) is -0.827. The molecular formula is C14H20O4. The molecule has 0 aliphatic heterocycles. The average molecular weight is 252 g/mol. The fourth-order valence-electron chi connectivity index (χ4n) is 1.67. The fourth-order valence-corrected chi connectivity index (χ4v) is 1.67. The number of ketones is 1. The first-order chi connectivity index (χ1) is 8.63. The molecule has 100 valence electrons. The number of hydrogen-bond acceptors (Lipinski definition) is 4. The molecule has 1 aromatic rings. The van der Waals surface area contributed by atoms with E-state index < -0.39 is 6.29 Å². The number of benzene rings is 1. The van der Waals surface area contributed by atoms with Crippen LogP contribution in [0.25, 0.3) is 0 Å². The molecular weight excluding hydrogens is 232 g/mol. The molecule has 0 aliphatic rings. The summed E-state index contributed by atoms with van der Waals surface area (Å²) in [4.78, 5) is 12.3. The van der Waals surface area contributed by atoms with E-state index in [1.54, 1.807) is 19.2 Å². The second kappa shape index (κ2) is 7.13. The molecule has 0 spiro atoms. The van der Waals surface area contributed by atoms with E-state index >= 15 is 0 Å². The molecule has 0 aliphatic carbocycles. The van der Waals surface area contributed by atoms with Crippen molar-refractivity contribution >= 4 is 5.78 Å². The molecule has 4 nitrogen and oxygen atoms in total. The summed E-state index contributed by atoms with van der Waals surface area (Å²) in [7, 11) is 1.60. The zero-order chi connectivity index (χ0) is 13.5. The molecule has 0 atom stereocenters. The number of aryl methyl sites for hydroxylation is 1. The van der Waals surface area contributed by atoms with Crippen LogP contribution in [0, 0.1) is 6.92 Å². The number of methoxy groups -OCH3 is 1. The molecule has 1 aromatic carbocycles. The zero-order valence-electron chi connectivity index (χ0n) is 11.4. The minimum atomic E-state index is -0.827. The highest BCUT2D eigenvalue weighted by Gasteiger charge is 2.22. The third kappa shape index (κ3) is 3.55. The molecule has 0 unspecified atom stereocenters. The summed E-state index contributed by atoms with van der Waals surface area (Å²) in [5, 5.41) is 0. The van der Waals surface area contributed by atoms with Gasteiger partial charge in [-0.05, 0) is 44.5 Å². The van der Waals surface area contributed by atoms with Crippen LogP contribution in [-0.4, -0.2) is 32.4 Å². The van der Waals surface area contributed by atoms with Crippen molar-refractivity contribution in [2.24, 2.45) is 0 Å². The van der Waals surface area contributed by atoms with Gasteiger partial charge in [0.2, 0.25) is 12.1 Å². The smallest absolute Gasteiger partial charge is 0.222 e. The van der Waals surface area contributed by atoms with Crippen molar-refractivity contribution in [2.45, 2.75) is 27.1 Å². The Kier molecular flexibility index (Phi) is 5.82. The first-order valence-corrected chi connectivity index (χ1v) is 6.06. The van der Waals surface area contributed by atoms with Crippen molar-refractivity contribution in [3.05, 3.63) is 29.3 Å². The molecule has 1 rings (SSSR count). The normalized spacial score (nSPS) is 10.7. The maximum Gasteiger partial charge on any atom is 0.222 e.